The second-order valence-corrected chi connectivity index (χ2v) is 6.43. The SMILES string of the molecule is CCCCCC1COC(C#Cc2cnc(-c3ccc(F)cc3)nc2)OC1. The molecule has 2 heterocycles. The maximum atomic E-state index is 13.0. The largest absolute Gasteiger partial charge is 0.342 e. The molecule has 2 aromatic rings. The van der Waals surface area contributed by atoms with E-state index in [1.54, 1.807) is 24.5 Å². The maximum Gasteiger partial charge on any atom is 0.222 e. The molecule has 5 heteroatoms. The van der Waals surface area contributed by atoms with Crippen molar-refractivity contribution >= 4 is 0 Å². The summed E-state index contributed by atoms with van der Waals surface area (Å²) in [4.78, 5) is 8.56. The summed E-state index contributed by atoms with van der Waals surface area (Å²) in [7, 11) is 0. The average molecular weight is 354 g/mol. The molecule has 4 nitrogen and oxygen atoms in total. The van der Waals surface area contributed by atoms with E-state index < -0.39 is 6.29 Å². The van der Waals surface area contributed by atoms with E-state index in [9.17, 15) is 4.39 Å². The lowest BCUT2D eigenvalue weighted by molar-refractivity contribution is -0.170. The topological polar surface area (TPSA) is 44.2 Å². The summed E-state index contributed by atoms with van der Waals surface area (Å²) >= 11 is 0. The van der Waals surface area contributed by atoms with Crippen LogP contribution in [-0.2, 0) is 9.47 Å². The van der Waals surface area contributed by atoms with Crippen molar-refractivity contribution in [3.05, 3.63) is 48.0 Å². The van der Waals surface area contributed by atoms with Crippen LogP contribution in [0.5, 0.6) is 0 Å². The van der Waals surface area contributed by atoms with E-state index in [4.69, 9.17) is 9.47 Å². The fourth-order valence-electron chi connectivity index (χ4n) is 2.76. The first-order chi connectivity index (χ1) is 12.7. The molecular weight excluding hydrogens is 331 g/mol. The predicted molar refractivity (Wildman–Crippen MR) is 97.6 cm³/mol. The van der Waals surface area contributed by atoms with Gasteiger partial charge in [0.05, 0.1) is 18.8 Å². The lowest BCUT2D eigenvalue weighted by Gasteiger charge is -2.26. The van der Waals surface area contributed by atoms with Crippen molar-refractivity contribution < 1.29 is 13.9 Å². The molecule has 0 atom stereocenters. The van der Waals surface area contributed by atoms with Gasteiger partial charge in [-0.25, -0.2) is 14.4 Å². The van der Waals surface area contributed by atoms with Gasteiger partial charge in [-0.05, 0) is 36.6 Å². The van der Waals surface area contributed by atoms with E-state index in [0.29, 0.717) is 30.5 Å². The molecule has 0 aliphatic carbocycles. The first-order valence-electron chi connectivity index (χ1n) is 9.07. The normalized spacial score (nSPS) is 19.6. The van der Waals surface area contributed by atoms with Crippen LogP contribution in [0.25, 0.3) is 11.4 Å². The molecule has 136 valence electrons. The predicted octanol–water partition coefficient (Wildman–Crippen LogP) is 4.20. The molecule has 0 bridgehead atoms. The molecule has 0 unspecified atom stereocenters. The second kappa shape index (κ2) is 9.42. The van der Waals surface area contributed by atoms with Crippen LogP contribution in [0.3, 0.4) is 0 Å². The van der Waals surface area contributed by atoms with Crippen LogP contribution in [0.4, 0.5) is 4.39 Å². The minimum Gasteiger partial charge on any atom is -0.342 e. The molecule has 0 amide bonds. The van der Waals surface area contributed by atoms with Gasteiger partial charge in [0.2, 0.25) is 6.29 Å². The Morgan fingerprint density at radius 1 is 1.08 bits per heavy atom. The number of unbranched alkanes of at least 4 members (excludes halogenated alkanes) is 2. The van der Waals surface area contributed by atoms with Crippen LogP contribution in [0.15, 0.2) is 36.7 Å². The smallest absolute Gasteiger partial charge is 0.222 e. The Morgan fingerprint density at radius 2 is 1.77 bits per heavy atom. The van der Waals surface area contributed by atoms with E-state index in [0.717, 1.165) is 12.0 Å². The molecule has 0 N–H and O–H groups in total. The van der Waals surface area contributed by atoms with Crippen molar-refractivity contribution in [1.82, 2.24) is 9.97 Å². The molecule has 1 fully saturated rings. The zero-order valence-corrected chi connectivity index (χ0v) is 15.0. The lowest BCUT2D eigenvalue weighted by atomic mass is 10.0. The van der Waals surface area contributed by atoms with Gasteiger partial charge in [0, 0.05) is 23.9 Å². The van der Waals surface area contributed by atoms with E-state index in [1.165, 1.54) is 31.4 Å². The third-order valence-corrected chi connectivity index (χ3v) is 4.27. The molecule has 1 aromatic heterocycles. The molecule has 0 radical (unpaired) electrons. The van der Waals surface area contributed by atoms with Gasteiger partial charge in [-0.2, -0.15) is 0 Å². The third kappa shape index (κ3) is 5.35. The van der Waals surface area contributed by atoms with Crippen LogP contribution in [0.2, 0.25) is 0 Å². The van der Waals surface area contributed by atoms with Crippen molar-refractivity contribution in [2.24, 2.45) is 5.92 Å². The molecule has 1 aromatic carbocycles. The molecule has 0 saturated carbocycles. The minimum absolute atomic E-state index is 0.281. The molecule has 1 aliphatic heterocycles. The summed E-state index contributed by atoms with van der Waals surface area (Å²) in [5.41, 5.74) is 1.45. The van der Waals surface area contributed by atoms with Gasteiger partial charge in [-0.3, -0.25) is 0 Å². The quantitative estimate of drug-likeness (QED) is 0.596. The van der Waals surface area contributed by atoms with Gasteiger partial charge in [0.15, 0.2) is 5.82 Å². The number of halogens is 1. The Balaban J connectivity index is 1.52. The van der Waals surface area contributed by atoms with Crippen LogP contribution in [0, 0.1) is 23.6 Å². The van der Waals surface area contributed by atoms with Gasteiger partial charge in [0.25, 0.3) is 0 Å². The second-order valence-electron chi connectivity index (χ2n) is 6.43. The summed E-state index contributed by atoms with van der Waals surface area (Å²) in [6.45, 7) is 3.60. The molecule has 0 spiro atoms. The maximum absolute atomic E-state index is 13.0. The Kier molecular flexibility index (Phi) is 6.70. The molecule has 26 heavy (non-hydrogen) atoms. The zero-order chi connectivity index (χ0) is 18.2. The van der Waals surface area contributed by atoms with Crippen molar-refractivity contribution in [2.75, 3.05) is 13.2 Å². The highest BCUT2D eigenvalue weighted by atomic mass is 19.1. The van der Waals surface area contributed by atoms with Crippen molar-refractivity contribution in [1.29, 1.82) is 0 Å². The molecule has 1 saturated heterocycles. The summed E-state index contributed by atoms with van der Waals surface area (Å²) in [5, 5.41) is 0. The highest BCUT2D eigenvalue weighted by Gasteiger charge is 2.20. The summed E-state index contributed by atoms with van der Waals surface area (Å²) in [6, 6.07) is 6.08. The number of ether oxygens (including phenoxy) is 2. The first-order valence-corrected chi connectivity index (χ1v) is 9.07. The molecule has 1 aliphatic rings. The Bertz CT molecular complexity index is 742. The van der Waals surface area contributed by atoms with E-state index in [1.807, 2.05) is 0 Å². The van der Waals surface area contributed by atoms with Gasteiger partial charge >= 0.3 is 0 Å². The Morgan fingerprint density at radius 3 is 2.42 bits per heavy atom. The minimum atomic E-state index is -0.491. The number of benzene rings is 1. The number of nitrogens with zero attached hydrogens (tertiary/aromatic N) is 2. The number of hydrogen-bond acceptors (Lipinski definition) is 4. The number of rotatable bonds is 5. The Hall–Kier alpha value is -2.29. The van der Waals surface area contributed by atoms with Crippen LogP contribution < -0.4 is 0 Å². The van der Waals surface area contributed by atoms with Gasteiger partial charge in [0.1, 0.15) is 5.82 Å². The fraction of sp³-hybridized carbons (Fsp3) is 0.429. The fourth-order valence-corrected chi connectivity index (χ4v) is 2.76. The monoisotopic (exact) mass is 354 g/mol. The van der Waals surface area contributed by atoms with E-state index >= 15 is 0 Å². The van der Waals surface area contributed by atoms with Crippen LogP contribution in [-0.4, -0.2) is 29.5 Å². The molecule has 3 rings (SSSR count). The van der Waals surface area contributed by atoms with Crippen molar-refractivity contribution in [2.45, 2.75) is 38.9 Å². The lowest BCUT2D eigenvalue weighted by Crippen LogP contribution is -2.31. The van der Waals surface area contributed by atoms with Crippen molar-refractivity contribution in [3.8, 4) is 23.2 Å². The summed E-state index contributed by atoms with van der Waals surface area (Å²) in [6.07, 6.45) is 7.66. The Labute approximate surface area is 153 Å². The van der Waals surface area contributed by atoms with E-state index in [-0.39, 0.29) is 5.82 Å². The van der Waals surface area contributed by atoms with Crippen LogP contribution in [0.1, 0.15) is 38.2 Å². The highest BCUT2D eigenvalue weighted by molar-refractivity contribution is 5.54. The van der Waals surface area contributed by atoms with E-state index in [2.05, 4.69) is 28.7 Å². The average Bonchev–Trinajstić information content (AvgIpc) is 2.69. The third-order valence-electron chi connectivity index (χ3n) is 4.27. The van der Waals surface area contributed by atoms with Crippen LogP contribution >= 0.6 is 0 Å². The number of hydrogen-bond donors (Lipinski definition) is 0. The highest BCUT2D eigenvalue weighted by Crippen LogP contribution is 2.18. The van der Waals surface area contributed by atoms with Gasteiger partial charge in [-0.1, -0.05) is 32.1 Å². The molecular formula is C21H23FN2O2. The summed E-state index contributed by atoms with van der Waals surface area (Å²) < 4.78 is 24.3. The van der Waals surface area contributed by atoms with Gasteiger partial charge < -0.3 is 9.47 Å². The first kappa shape index (κ1) is 18.5. The number of aromatic nitrogens is 2. The zero-order valence-electron chi connectivity index (χ0n) is 15.0. The van der Waals surface area contributed by atoms with Gasteiger partial charge in [-0.15, -0.1) is 0 Å². The summed E-state index contributed by atoms with van der Waals surface area (Å²) in [5.74, 6) is 6.68. The van der Waals surface area contributed by atoms with Crippen molar-refractivity contribution in [3.63, 3.8) is 0 Å². The standard InChI is InChI=1S/C21H23FN2O2/c1-2-3-4-5-17-14-25-20(26-15-17)11-6-16-12-23-21(24-13-16)18-7-9-19(22)10-8-18/h7-10,12-13,17,20H,2-5,14-15H2,1H3.